The zero-order chi connectivity index (χ0) is 7.56. The van der Waals surface area contributed by atoms with Crippen molar-refractivity contribution in [2.75, 3.05) is 0 Å². The van der Waals surface area contributed by atoms with Crippen LogP contribution in [0.1, 0.15) is 0 Å². The number of nitrogens with zero attached hydrogens (tertiary/aromatic N) is 3. The monoisotopic (exact) mass is 155 g/mol. The van der Waals surface area contributed by atoms with Crippen LogP contribution in [0.15, 0.2) is 17.8 Å². The number of aromatic nitrogens is 2. The molecule has 0 aliphatic carbocycles. The Kier molecular flexibility index (Phi) is 1.87. The van der Waals surface area contributed by atoms with Crippen molar-refractivity contribution >= 4 is 30.3 Å². The van der Waals surface area contributed by atoms with Gasteiger partial charge in [0, 0.05) is 6.20 Å². The molecule has 0 spiro atoms. The number of aliphatic imine (C=N–C) groups is 1. The Morgan fingerprint density at radius 3 is 2.90 bits per heavy atom. The van der Waals surface area contributed by atoms with Crippen molar-refractivity contribution in [3.05, 3.63) is 17.8 Å². The SMILES string of the molecule is C=Cn1ncc(Cl)c1N=C. The predicted octanol–water partition coefficient (Wildman–Crippen LogP) is 1.97. The van der Waals surface area contributed by atoms with E-state index in [1.807, 2.05) is 0 Å². The molecule has 10 heavy (non-hydrogen) atoms. The van der Waals surface area contributed by atoms with Gasteiger partial charge >= 0.3 is 0 Å². The first-order chi connectivity index (χ1) is 4.79. The molecule has 3 nitrogen and oxygen atoms in total. The minimum Gasteiger partial charge on any atom is -0.244 e. The van der Waals surface area contributed by atoms with Crippen LogP contribution in [0.2, 0.25) is 5.02 Å². The first-order valence-electron chi connectivity index (χ1n) is 2.62. The smallest absolute Gasteiger partial charge is 0.173 e. The van der Waals surface area contributed by atoms with Gasteiger partial charge in [0.05, 0.1) is 6.20 Å². The van der Waals surface area contributed by atoms with Crippen LogP contribution in [0.25, 0.3) is 6.20 Å². The van der Waals surface area contributed by atoms with Crippen LogP contribution in [0.5, 0.6) is 0 Å². The fourth-order valence-electron chi connectivity index (χ4n) is 0.616. The first kappa shape index (κ1) is 7.02. The number of rotatable bonds is 2. The summed E-state index contributed by atoms with van der Waals surface area (Å²) in [6.45, 7) is 6.84. The van der Waals surface area contributed by atoms with E-state index < -0.39 is 0 Å². The Morgan fingerprint density at radius 2 is 2.50 bits per heavy atom. The van der Waals surface area contributed by atoms with Crippen LogP contribution >= 0.6 is 11.6 Å². The lowest BCUT2D eigenvalue weighted by molar-refractivity contribution is 0.936. The van der Waals surface area contributed by atoms with Crippen LogP contribution in [-0.4, -0.2) is 16.5 Å². The lowest BCUT2D eigenvalue weighted by Crippen LogP contribution is -1.84. The highest BCUT2D eigenvalue weighted by atomic mass is 35.5. The first-order valence-corrected chi connectivity index (χ1v) is 2.99. The van der Waals surface area contributed by atoms with Gasteiger partial charge < -0.3 is 0 Å². The van der Waals surface area contributed by atoms with Gasteiger partial charge in [-0.05, 0) is 6.72 Å². The molecule has 1 heterocycles. The second kappa shape index (κ2) is 2.66. The fraction of sp³-hybridized carbons (Fsp3) is 0. The minimum atomic E-state index is 0.481. The Hall–Kier alpha value is -1.09. The summed E-state index contributed by atoms with van der Waals surface area (Å²) >= 11 is 5.66. The molecule has 1 rings (SSSR count). The molecule has 0 unspecified atom stereocenters. The molecule has 0 N–H and O–H groups in total. The molecule has 0 aromatic carbocycles. The summed E-state index contributed by atoms with van der Waals surface area (Å²) in [5, 5.41) is 4.32. The summed E-state index contributed by atoms with van der Waals surface area (Å²) in [5.74, 6) is 0.525. The van der Waals surface area contributed by atoms with Gasteiger partial charge in [-0.15, -0.1) is 0 Å². The third-order valence-corrected chi connectivity index (χ3v) is 1.32. The van der Waals surface area contributed by atoms with E-state index >= 15 is 0 Å². The Balaban J connectivity index is 3.25. The third-order valence-electron chi connectivity index (χ3n) is 1.05. The molecular weight excluding hydrogens is 150 g/mol. The van der Waals surface area contributed by atoms with Crippen LogP contribution in [0.3, 0.4) is 0 Å². The molecule has 52 valence electrons. The van der Waals surface area contributed by atoms with Crippen LogP contribution in [0, 0.1) is 0 Å². The van der Waals surface area contributed by atoms with Crippen molar-refractivity contribution in [1.82, 2.24) is 9.78 Å². The van der Waals surface area contributed by atoms with Gasteiger partial charge in [0.25, 0.3) is 0 Å². The van der Waals surface area contributed by atoms with E-state index in [9.17, 15) is 0 Å². The molecule has 0 aliphatic rings. The van der Waals surface area contributed by atoms with Gasteiger partial charge in [0.15, 0.2) is 5.82 Å². The molecule has 0 fully saturated rings. The molecule has 0 saturated heterocycles. The topological polar surface area (TPSA) is 30.2 Å². The molecule has 0 aliphatic heterocycles. The molecule has 0 bridgehead atoms. The van der Waals surface area contributed by atoms with Gasteiger partial charge in [-0.3, -0.25) is 0 Å². The number of hydrogen-bond donors (Lipinski definition) is 0. The quantitative estimate of drug-likeness (QED) is 0.601. The van der Waals surface area contributed by atoms with Crippen LogP contribution in [0.4, 0.5) is 5.82 Å². The molecule has 0 atom stereocenters. The zero-order valence-corrected chi connectivity index (χ0v) is 6.04. The molecule has 1 aromatic rings. The average Bonchev–Trinajstić information content (AvgIpc) is 2.30. The van der Waals surface area contributed by atoms with Gasteiger partial charge in [-0.2, -0.15) is 5.10 Å². The largest absolute Gasteiger partial charge is 0.244 e. The Morgan fingerprint density at radius 1 is 1.80 bits per heavy atom. The normalized spacial score (nSPS) is 9.30. The predicted molar refractivity (Wildman–Crippen MR) is 42.8 cm³/mol. The van der Waals surface area contributed by atoms with E-state index in [0.29, 0.717) is 10.8 Å². The summed E-state index contributed by atoms with van der Waals surface area (Å²) in [6.07, 6.45) is 3.00. The number of halogens is 1. The lowest BCUT2D eigenvalue weighted by atomic mass is 10.6. The molecule has 0 saturated carbocycles. The van der Waals surface area contributed by atoms with E-state index in [1.165, 1.54) is 17.1 Å². The highest BCUT2D eigenvalue weighted by Gasteiger charge is 2.02. The van der Waals surface area contributed by atoms with E-state index in [2.05, 4.69) is 23.4 Å². The average molecular weight is 156 g/mol. The second-order valence-corrected chi connectivity index (χ2v) is 2.01. The van der Waals surface area contributed by atoms with Crippen molar-refractivity contribution in [2.24, 2.45) is 4.99 Å². The van der Waals surface area contributed by atoms with E-state index in [4.69, 9.17) is 11.6 Å². The summed E-state index contributed by atoms with van der Waals surface area (Å²) < 4.78 is 1.45. The maximum atomic E-state index is 5.66. The summed E-state index contributed by atoms with van der Waals surface area (Å²) in [5.41, 5.74) is 0. The minimum absolute atomic E-state index is 0.481. The standard InChI is InChI=1S/C6H6ClN3/c1-3-10-6(8-2)5(7)4-9-10/h3-4H,1-2H2. The fourth-order valence-corrected chi connectivity index (χ4v) is 0.806. The maximum absolute atomic E-state index is 5.66. The van der Waals surface area contributed by atoms with E-state index in [-0.39, 0.29) is 0 Å². The molecule has 0 amide bonds. The van der Waals surface area contributed by atoms with E-state index in [0.717, 1.165) is 0 Å². The van der Waals surface area contributed by atoms with Gasteiger partial charge in [0.2, 0.25) is 0 Å². The second-order valence-electron chi connectivity index (χ2n) is 1.60. The number of hydrogen-bond acceptors (Lipinski definition) is 2. The van der Waals surface area contributed by atoms with Crippen molar-refractivity contribution in [2.45, 2.75) is 0 Å². The molecular formula is C6H6ClN3. The van der Waals surface area contributed by atoms with Crippen molar-refractivity contribution in [1.29, 1.82) is 0 Å². The van der Waals surface area contributed by atoms with Crippen LogP contribution < -0.4 is 0 Å². The summed E-state index contributed by atoms with van der Waals surface area (Å²) in [7, 11) is 0. The van der Waals surface area contributed by atoms with Crippen molar-refractivity contribution in [3.8, 4) is 0 Å². The Labute approximate surface area is 63.6 Å². The van der Waals surface area contributed by atoms with Crippen molar-refractivity contribution < 1.29 is 0 Å². The van der Waals surface area contributed by atoms with Crippen LogP contribution in [-0.2, 0) is 0 Å². The van der Waals surface area contributed by atoms with Gasteiger partial charge in [0.1, 0.15) is 5.02 Å². The highest BCUT2D eigenvalue weighted by Crippen LogP contribution is 2.22. The third kappa shape index (κ3) is 0.953. The molecule has 4 heteroatoms. The molecule has 1 aromatic heterocycles. The summed E-state index contributed by atoms with van der Waals surface area (Å²) in [6, 6.07) is 0. The van der Waals surface area contributed by atoms with Gasteiger partial charge in [-0.1, -0.05) is 18.2 Å². The van der Waals surface area contributed by atoms with Gasteiger partial charge in [-0.25, -0.2) is 9.67 Å². The lowest BCUT2D eigenvalue weighted by Gasteiger charge is -1.92. The van der Waals surface area contributed by atoms with E-state index in [1.54, 1.807) is 0 Å². The van der Waals surface area contributed by atoms with Crippen molar-refractivity contribution in [3.63, 3.8) is 0 Å². The maximum Gasteiger partial charge on any atom is 0.173 e. The highest BCUT2D eigenvalue weighted by molar-refractivity contribution is 6.32. The summed E-state index contributed by atoms with van der Waals surface area (Å²) in [4.78, 5) is 3.65. The molecule has 0 radical (unpaired) electrons. The Bertz CT molecular complexity index is 264. The zero-order valence-electron chi connectivity index (χ0n) is 5.29.